The topological polar surface area (TPSA) is 214 Å². The van der Waals surface area contributed by atoms with Gasteiger partial charge in [-0.05, 0) is 44.9 Å². The van der Waals surface area contributed by atoms with Crippen LogP contribution in [0, 0.1) is 0 Å². The fourth-order valence-corrected chi connectivity index (χ4v) is 9.07. The first-order chi connectivity index (χ1) is 34.6. The average molecular weight is 1010 g/mol. The number of esters is 1. The van der Waals surface area contributed by atoms with Gasteiger partial charge in [0.2, 0.25) is 0 Å². The van der Waals surface area contributed by atoms with Crippen molar-refractivity contribution in [2.75, 3.05) is 33.0 Å². The zero-order valence-electron chi connectivity index (χ0n) is 44.5. The molecule has 14 heteroatoms. The Kier molecular flexibility index (Phi) is 40.9. The highest BCUT2D eigenvalue weighted by Crippen LogP contribution is 2.27. The summed E-state index contributed by atoms with van der Waals surface area (Å²) in [6, 6.07) is 0. The third-order valence-corrected chi connectivity index (χ3v) is 13.7. The van der Waals surface area contributed by atoms with Gasteiger partial charge in [0.25, 0.3) is 0 Å². The van der Waals surface area contributed by atoms with Crippen molar-refractivity contribution in [2.24, 2.45) is 0 Å². The molecule has 0 aliphatic carbocycles. The summed E-state index contributed by atoms with van der Waals surface area (Å²) in [6.45, 7) is 3.60. The number of rotatable bonds is 46. The summed E-state index contributed by atoms with van der Waals surface area (Å²) >= 11 is 0. The third kappa shape index (κ3) is 31.6. The zero-order valence-corrected chi connectivity index (χ0v) is 44.5. The number of carbonyl (C=O) groups excluding carboxylic acids is 1. The summed E-state index contributed by atoms with van der Waals surface area (Å²) in [5.41, 5.74) is 0. The van der Waals surface area contributed by atoms with Crippen LogP contribution in [0.2, 0.25) is 0 Å². The summed E-state index contributed by atoms with van der Waals surface area (Å²) in [5, 5.41) is 72.3. The van der Waals surface area contributed by atoms with Crippen LogP contribution in [-0.2, 0) is 33.2 Å². The van der Waals surface area contributed by atoms with E-state index in [1.807, 2.05) is 0 Å². The molecule has 0 bridgehead atoms. The Hall–Kier alpha value is -1.79. The third-order valence-electron chi connectivity index (χ3n) is 13.7. The summed E-state index contributed by atoms with van der Waals surface area (Å²) in [5.74, 6) is -0.383. The van der Waals surface area contributed by atoms with Gasteiger partial charge in [0, 0.05) is 13.0 Å². The molecular formula is C57H104O14. The van der Waals surface area contributed by atoms with Crippen molar-refractivity contribution in [3.8, 4) is 0 Å². The SMILES string of the molecule is CC/C=C\C/C=C\C/C=C\CCCCCCCCCC(=O)OC(COCCCCCCCCCCCCCCCCCCCCCC)COC1OC(COC2OC(CO)C(O)C(O)C2O)C(O)C(O)C1O. The number of hydrogen-bond donors (Lipinski definition) is 7. The Balaban J connectivity index is 1.72. The maximum atomic E-state index is 13.1. The molecule has 7 N–H and O–H groups in total. The highest BCUT2D eigenvalue weighted by molar-refractivity contribution is 5.69. The van der Waals surface area contributed by atoms with E-state index in [-0.39, 0.29) is 25.6 Å². The number of hydrogen-bond acceptors (Lipinski definition) is 14. The second-order valence-corrected chi connectivity index (χ2v) is 20.1. The van der Waals surface area contributed by atoms with Gasteiger partial charge >= 0.3 is 5.97 Å². The molecule has 71 heavy (non-hydrogen) atoms. The lowest BCUT2D eigenvalue weighted by Gasteiger charge is -2.42. The van der Waals surface area contributed by atoms with E-state index in [4.69, 9.17) is 28.4 Å². The van der Waals surface area contributed by atoms with Gasteiger partial charge in [0.1, 0.15) is 54.9 Å². The predicted octanol–water partition coefficient (Wildman–Crippen LogP) is 9.75. The van der Waals surface area contributed by atoms with Crippen molar-refractivity contribution < 1.29 is 69.0 Å². The van der Waals surface area contributed by atoms with Gasteiger partial charge in [-0.25, -0.2) is 0 Å². The standard InChI is InChI=1S/C57H104O14/c1-3-5-7-9-11-13-15-17-19-21-22-23-25-27-29-31-33-35-37-39-41-66-43-46(69-49(59)40-38-36-34-32-30-28-26-24-20-18-16-14-12-10-8-6-4-2)44-67-56-55(65)53(63)51(61)48(71-56)45-68-57-54(64)52(62)50(60)47(42-58)70-57/h6,8,12,14,18,20,46-48,50-58,60-65H,3-5,7,9-11,13,15-17,19,21-45H2,1-2H3/b8-6-,14-12-,20-18-. The fourth-order valence-electron chi connectivity index (χ4n) is 9.07. The Morgan fingerprint density at radius 2 is 0.915 bits per heavy atom. The van der Waals surface area contributed by atoms with E-state index in [1.165, 1.54) is 128 Å². The smallest absolute Gasteiger partial charge is 0.306 e. The molecule has 2 saturated heterocycles. The van der Waals surface area contributed by atoms with Crippen LogP contribution in [0.15, 0.2) is 36.5 Å². The van der Waals surface area contributed by atoms with Gasteiger partial charge in [-0.15, -0.1) is 0 Å². The minimum absolute atomic E-state index is 0.0606. The first-order valence-electron chi connectivity index (χ1n) is 28.6. The maximum Gasteiger partial charge on any atom is 0.306 e. The lowest BCUT2D eigenvalue weighted by molar-refractivity contribution is -0.332. The van der Waals surface area contributed by atoms with Crippen LogP contribution in [0.3, 0.4) is 0 Å². The summed E-state index contributed by atoms with van der Waals surface area (Å²) in [7, 11) is 0. The molecule has 0 aromatic rings. The molecule has 11 unspecified atom stereocenters. The van der Waals surface area contributed by atoms with Crippen molar-refractivity contribution in [3.63, 3.8) is 0 Å². The van der Waals surface area contributed by atoms with Gasteiger partial charge in [-0.2, -0.15) is 0 Å². The van der Waals surface area contributed by atoms with Crippen molar-refractivity contribution in [1.82, 2.24) is 0 Å². The number of allylic oxidation sites excluding steroid dienone is 6. The predicted molar refractivity (Wildman–Crippen MR) is 280 cm³/mol. The molecule has 0 amide bonds. The summed E-state index contributed by atoms with van der Waals surface area (Å²) < 4.78 is 34.4. The lowest BCUT2D eigenvalue weighted by Crippen LogP contribution is -2.61. The van der Waals surface area contributed by atoms with Crippen LogP contribution in [0.25, 0.3) is 0 Å². The molecule has 2 rings (SSSR count). The average Bonchev–Trinajstić information content (AvgIpc) is 3.37. The molecule has 2 aliphatic rings. The number of ether oxygens (including phenoxy) is 6. The van der Waals surface area contributed by atoms with Crippen molar-refractivity contribution >= 4 is 5.97 Å². The lowest BCUT2D eigenvalue weighted by atomic mass is 9.98. The molecular weight excluding hydrogens is 909 g/mol. The molecule has 416 valence electrons. The Morgan fingerprint density at radius 3 is 1.44 bits per heavy atom. The fraction of sp³-hybridized carbons (Fsp3) is 0.877. The van der Waals surface area contributed by atoms with Gasteiger partial charge in [-0.3, -0.25) is 4.79 Å². The number of aliphatic hydroxyl groups excluding tert-OH is 7. The van der Waals surface area contributed by atoms with Crippen molar-refractivity contribution in [1.29, 1.82) is 0 Å². The quantitative estimate of drug-likeness (QED) is 0.0172. The second-order valence-electron chi connectivity index (χ2n) is 20.1. The normalized spacial score (nSPS) is 25.5. The molecule has 0 aromatic heterocycles. The van der Waals surface area contributed by atoms with Crippen LogP contribution in [0.4, 0.5) is 0 Å². The second kappa shape index (κ2) is 44.5. The minimum atomic E-state index is -1.71. The van der Waals surface area contributed by atoms with Crippen LogP contribution in [0.5, 0.6) is 0 Å². The van der Waals surface area contributed by atoms with E-state index in [0.717, 1.165) is 64.2 Å². The Labute approximate surface area is 429 Å². The van der Waals surface area contributed by atoms with Gasteiger partial charge < -0.3 is 64.2 Å². The molecule has 0 saturated carbocycles. The highest BCUT2D eigenvalue weighted by atomic mass is 16.7. The number of unbranched alkanes of at least 4 members (excludes halogenated alkanes) is 26. The van der Waals surface area contributed by atoms with Crippen LogP contribution < -0.4 is 0 Å². The van der Waals surface area contributed by atoms with Crippen LogP contribution >= 0.6 is 0 Å². The summed E-state index contributed by atoms with van der Waals surface area (Å²) in [4.78, 5) is 13.1. The Bertz CT molecular complexity index is 1310. The van der Waals surface area contributed by atoms with E-state index in [2.05, 4.69) is 50.3 Å². The molecule has 2 aliphatic heterocycles. The van der Waals surface area contributed by atoms with Crippen molar-refractivity contribution in [3.05, 3.63) is 36.5 Å². The molecule has 14 nitrogen and oxygen atoms in total. The monoisotopic (exact) mass is 1010 g/mol. The molecule has 0 aromatic carbocycles. The molecule has 11 atom stereocenters. The maximum absolute atomic E-state index is 13.1. The first-order valence-corrected chi connectivity index (χ1v) is 28.6. The van der Waals surface area contributed by atoms with Gasteiger partial charge in [0.05, 0.1) is 26.4 Å². The van der Waals surface area contributed by atoms with E-state index in [9.17, 15) is 40.5 Å². The van der Waals surface area contributed by atoms with Crippen LogP contribution in [-0.4, -0.2) is 142 Å². The minimum Gasteiger partial charge on any atom is -0.457 e. The van der Waals surface area contributed by atoms with E-state index >= 15 is 0 Å². The summed E-state index contributed by atoms with van der Waals surface area (Å²) in [6.07, 6.45) is 34.9. The molecule has 0 radical (unpaired) electrons. The highest BCUT2D eigenvalue weighted by Gasteiger charge is 2.47. The molecule has 2 fully saturated rings. The van der Waals surface area contributed by atoms with Gasteiger partial charge in [-0.1, -0.05) is 204 Å². The number of aliphatic hydroxyl groups is 7. The van der Waals surface area contributed by atoms with E-state index in [1.54, 1.807) is 0 Å². The zero-order chi connectivity index (χ0) is 51.6. The molecule has 2 heterocycles. The first kappa shape index (κ1) is 65.3. The Morgan fingerprint density at radius 1 is 0.479 bits per heavy atom. The number of carbonyl (C=O) groups is 1. The molecule has 0 spiro atoms. The van der Waals surface area contributed by atoms with E-state index < -0.39 is 80.7 Å². The van der Waals surface area contributed by atoms with Crippen LogP contribution in [0.1, 0.15) is 219 Å². The largest absolute Gasteiger partial charge is 0.457 e. The van der Waals surface area contributed by atoms with Gasteiger partial charge in [0.15, 0.2) is 12.6 Å². The van der Waals surface area contributed by atoms with Crippen molar-refractivity contribution in [2.45, 2.75) is 287 Å². The van der Waals surface area contributed by atoms with E-state index in [0.29, 0.717) is 13.0 Å².